The molecule has 0 aliphatic rings. The molecule has 3 N–H and O–H groups in total. The molecule has 0 unspecified atom stereocenters. The third-order valence-electron chi connectivity index (χ3n) is 3.57. The highest BCUT2D eigenvalue weighted by Crippen LogP contribution is 2.05. The number of ether oxygens (including phenoxy) is 1. The van der Waals surface area contributed by atoms with Gasteiger partial charge in [-0.1, -0.05) is 0 Å². The van der Waals surface area contributed by atoms with Gasteiger partial charge in [0.05, 0.1) is 6.61 Å². The largest absolute Gasteiger partial charge is 0.383 e. The molecular weight excluding hydrogens is 433 g/mol. The third kappa shape index (κ3) is 14.3. The quantitative estimate of drug-likeness (QED) is 0.174. The van der Waals surface area contributed by atoms with Gasteiger partial charge in [0.2, 0.25) is 5.91 Å². The number of methoxy groups -OCH3 is 1. The third-order valence-corrected chi connectivity index (χ3v) is 3.57. The van der Waals surface area contributed by atoms with E-state index in [0.29, 0.717) is 31.2 Å². The maximum Gasteiger partial charge on any atom is 0.241 e. The average Bonchev–Trinajstić information content (AvgIpc) is 2.51. The molecule has 150 valence electrons. The van der Waals surface area contributed by atoms with E-state index < -0.39 is 0 Å². The van der Waals surface area contributed by atoms with Gasteiger partial charge in [0.25, 0.3) is 0 Å². The van der Waals surface area contributed by atoms with Crippen LogP contribution in [0, 0.1) is 0 Å². The van der Waals surface area contributed by atoms with Gasteiger partial charge in [-0.15, -0.1) is 24.0 Å². The normalized spacial score (nSPS) is 11.6. The highest BCUT2D eigenvalue weighted by Gasteiger charge is 2.12. The molecule has 0 aromatic heterocycles. The zero-order valence-corrected chi connectivity index (χ0v) is 19.1. The number of hydrogen-bond acceptors (Lipinski definition) is 4. The number of halogens is 1. The summed E-state index contributed by atoms with van der Waals surface area (Å²) in [4.78, 5) is 18.4. The van der Waals surface area contributed by atoms with E-state index in [2.05, 4.69) is 53.5 Å². The zero-order valence-electron chi connectivity index (χ0n) is 16.7. The Morgan fingerprint density at radius 3 is 2.24 bits per heavy atom. The Morgan fingerprint density at radius 2 is 1.72 bits per heavy atom. The fourth-order valence-corrected chi connectivity index (χ4v) is 2.42. The lowest BCUT2D eigenvalue weighted by atomic mass is 10.2. The number of rotatable bonds is 12. The molecule has 0 aromatic rings. The van der Waals surface area contributed by atoms with E-state index in [-0.39, 0.29) is 36.4 Å². The molecule has 0 aliphatic heterocycles. The molecule has 0 radical (unpaired) electrons. The van der Waals surface area contributed by atoms with Crippen LogP contribution in [0.1, 0.15) is 41.0 Å². The van der Waals surface area contributed by atoms with Crippen LogP contribution in [0.3, 0.4) is 0 Å². The standard InChI is InChI=1S/C17H37N5O2.HI/c1-7-18-17(21-13-16(23)19-10-12-24-6)20-9-8-11-22(14(2)3)15(4)5;/h14-15H,7-13H2,1-6H3,(H,19,23)(H2,18,20,21);1H. The molecular formula is C17H38IN5O2. The second-order valence-corrected chi connectivity index (χ2v) is 6.24. The molecule has 0 fully saturated rings. The SMILES string of the molecule is CCNC(=NCC(=O)NCCOC)NCCCN(C(C)C)C(C)C.I. The summed E-state index contributed by atoms with van der Waals surface area (Å²) in [6.45, 7) is 14.7. The molecule has 0 aliphatic carbocycles. The summed E-state index contributed by atoms with van der Waals surface area (Å²) in [7, 11) is 1.61. The van der Waals surface area contributed by atoms with Crippen molar-refractivity contribution >= 4 is 35.8 Å². The Kier molecular flexibility index (Phi) is 17.9. The van der Waals surface area contributed by atoms with Crippen LogP contribution in [0.2, 0.25) is 0 Å². The van der Waals surface area contributed by atoms with Gasteiger partial charge in [0.1, 0.15) is 6.54 Å². The molecule has 1 amide bonds. The second-order valence-electron chi connectivity index (χ2n) is 6.24. The van der Waals surface area contributed by atoms with Crippen LogP contribution in [-0.4, -0.2) is 75.3 Å². The van der Waals surface area contributed by atoms with Crippen molar-refractivity contribution in [3.05, 3.63) is 0 Å². The van der Waals surface area contributed by atoms with Crippen molar-refractivity contribution in [3.8, 4) is 0 Å². The molecule has 25 heavy (non-hydrogen) atoms. The van der Waals surface area contributed by atoms with E-state index in [0.717, 1.165) is 26.1 Å². The molecule has 7 nitrogen and oxygen atoms in total. The van der Waals surface area contributed by atoms with Crippen LogP contribution in [0.4, 0.5) is 0 Å². The summed E-state index contributed by atoms with van der Waals surface area (Å²) >= 11 is 0. The highest BCUT2D eigenvalue weighted by atomic mass is 127. The van der Waals surface area contributed by atoms with Crippen LogP contribution < -0.4 is 16.0 Å². The molecule has 0 atom stereocenters. The van der Waals surface area contributed by atoms with E-state index in [1.165, 1.54) is 0 Å². The van der Waals surface area contributed by atoms with E-state index >= 15 is 0 Å². The lowest BCUT2D eigenvalue weighted by Gasteiger charge is -2.30. The van der Waals surface area contributed by atoms with Crippen LogP contribution >= 0.6 is 24.0 Å². The van der Waals surface area contributed by atoms with Crippen LogP contribution in [-0.2, 0) is 9.53 Å². The summed E-state index contributed by atoms with van der Waals surface area (Å²) in [5.74, 6) is 0.579. The second kappa shape index (κ2) is 16.8. The number of guanidine groups is 1. The van der Waals surface area contributed by atoms with Crippen molar-refractivity contribution < 1.29 is 9.53 Å². The van der Waals surface area contributed by atoms with Gasteiger partial charge in [0, 0.05) is 45.4 Å². The van der Waals surface area contributed by atoms with Crippen molar-refractivity contribution in [3.63, 3.8) is 0 Å². The van der Waals surface area contributed by atoms with Crippen molar-refractivity contribution in [2.24, 2.45) is 4.99 Å². The van der Waals surface area contributed by atoms with Gasteiger partial charge >= 0.3 is 0 Å². The molecule has 0 bridgehead atoms. The predicted octanol–water partition coefficient (Wildman–Crippen LogP) is 1.43. The number of hydrogen-bond donors (Lipinski definition) is 3. The van der Waals surface area contributed by atoms with Gasteiger partial charge in [-0.3, -0.25) is 9.69 Å². The van der Waals surface area contributed by atoms with Gasteiger partial charge in [-0.25, -0.2) is 4.99 Å². The summed E-state index contributed by atoms with van der Waals surface area (Å²) in [6.07, 6.45) is 1.03. The number of amides is 1. The van der Waals surface area contributed by atoms with E-state index in [4.69, 9.17) is 4.74 Å². The number of carbonyl (C=O) groups is 1. The average molecular weight is 471 g/mol. The highest BCUT2D eigenvalue weighted by molar-refractivity contribution is 14.0. The molecule has 0 rings (SSSR count). The predicted molar refractivity (Wildman–Crippen MR) is 116 cm³/mol. The number of aliphatic imine (C=N–C) groups is 1. The van der Waals surface area contributed by atoms with Gasteiger partial charge in [-0.2, -0.15) is 0 Å². The number of carbonyl (C=O) groups excluding carboxylic acids is 1. The van der Waals surface area contributed by atoms with Crippen molar-refractivity contribution in [1.29, 1.82) is 0 Å². The topological polar surface area (TPSA) is 78.0 Å². The summed E-state index contributed by atoms with van der Waals surface area (Å²) in [5, 5.41) is 9.20. The van der Waals surface area contributed by atoms with E-state index in [9.17, 15) is 4.79 Å². The number of nitrogens with one attached hydrogen (secondary N) is 3. The fraction of sp³-hybridized carbons (Fsp3) is 0.882. The van der Waals surface area contributed by atoms with E-state index in [1.807, 2.05) is 6.92 Å². The summed E-state index contributed by atoms with van der Waals surface area (Å²) in [5.41, 5.74) is 0. The first-order valence-corrected chi connectivity index (χ1v) is 8.95. The Balaban J connectivity index is 0. The molecule has 0 heterocycles. The van der Waals surface area contributed by atoms with E-state index in [1.54, 1.807) is 7.11 Å². The minimum absolute atomic E-state index is 0. The fourth-order valence-electron chi connectivity index (χ4n) is 2.42. The van der Waals surface area contributed by atoms with Crippen LogP contribution in [0.5, 0.6) is 0 Å². The molecule has 0 aromatic carbocycles. The maximum absolute atomic E-state index is 11.7. The minimum atomic E-state index is -0.102. The molecule has 0 saturated heterocycles. The maximum atomic E-state index is 11.7. The Bertz CT molecular complexity index is 357. The van der Waals surface area contributed by atoms with Gasteiger partial charge < -0.3 is 20.7 Å². The first kappa shape index (κ1) is 26.6. The van der Waals surface area contributed by atoms with Crippen LogP contribution in [0.25, 0.3) is 0 Å². The smallest absolute Gasteiger partial charge is 0.241 e. The molecule has 8 heteroatoms. The van der Waals surface area contributed by atoms with Crippen molar-refractivity contribution in [2.45, 2.75) is 53.1 Å². The number of nitrogens with zero attached hydrogens (tertiary/aromatic N) is 2. The Morgan fingerprint density at radius 1 is 1.08 bits per heavy atom. The van der Waals surface area contributed by atoms with Gasteiger partial charge in [0.15, 0.2) is 5.96 Å². The molecule has 0 spiro atoms. The van der Waals surface area contributed by atoms with Crippen molar-refractivity contribution in [1.82, 2.24) is 20.9 Å². The lowest BCUT2D eigenvalue weighted by molar-refractivity contribution is -0.119. The monoisotopic (exact) mass is 471 g/mol. The minimum Gasteiger partial charge on any atom is -0.383 e. The first-order valence-electron chi connectivity index (χ1n) is 8.95. The zero-order chi connectivity index (χ0) is 18.4. The Labute approximate surface area is 170 Å². The summed E-state index contributed by atoms with van der Waals surface area (Å²) < 4.78 is 4.90. The first-order chi connectivity index (χ1) is 11.4. The van der Waals surface area contributed by atoms with Crippen molar-refractivity contribution in [2.75, 3.05) is 46.4 Å². The van der Waals surface area contributed by atoms with Crippen LogP contribution in [0.15, 0.2) is 4.99 Å². The molecule has 0 saturated carbocycles. The van der Waals surface area contributed by atoms with Gasteiger partial charge in [-0.05, 0) is 41.0 Å². The Hall–Kier alpha value is -0.610. The summed E-state index contributed by atoms with van der Waals surface area (Å²) in [6, 6.07) is 1.09. The lowest BCUT2D eigenvalue weighted by Crippen LogP contribution is -2.41.